The number of aryl methyl sites for hydroxylation is 1. The second kappa shape index (κ2) is 5.32. The Bertz CT molecular complexity index is 704. The van der Waals surface area contributed by atoms with E-state index >= 15 is 0 Å². The van der Waals surface area contributed by atoms with Gasteiger partial charge in [-0.15, -0.1) is 0 Å². The zero-order chi connectivity index (χ0) is 14.2. The van der Waals surface area contributed by atoms with Gasteiger partial charge in [0.2, 0.25) is 5.43 Å². The summed E-state index contributed by atoms with van der Waals surface area (Å²) in [5, 5.41) is 0.508. The van der Waals surface area contributed by atoms with Crippen molar-refractivity contribution in [3.05, 3.63) is 43.2 Å². The molecule has 0 radical (unpaired) electrons. The molecule has 0 saturated heterocycles. The number of pyridine rings is 1. The maximum absolute atomic E-state index is 12.2. The van der Waals surface area contributed by atoms with Crippen molar-refractivity contribution in [1.82, 2.24) is 4.98 Å². The minimum Gasteiger partial charge on any atom is -0.459 e. The smallest absolute Gasteiger partial charge is 0.338 e. The van der Waals surface area contributed by atoms with E-state index in [-0.39, 0.29) is 11.5 Å². The maximum Gasteiger partial charge on any atom is 0.338 e. The highest BCUT2D eigenvalue weighted by molar-refractivity contribution is 14.1. The number of carbonyl (C=O) groups is 1. The standard InChI is InChI=1S/C14H14INO3/c1-7(2)19-14(18)9-4-5-11-10(6-9)13(17)12(15)8(3)16-11/h4-7H,1-3H3,(H,16,17). The molecule has 19 heavy (non-hydrogen) atoms. The van der Waals surface area contributed by atoms with E-state index in [9.17, 15) is 9.59 Å². The van der Waals surface area contributed by atoms with E-state index in [4.69, 9.17) is 4.74 Å². The summed E-state index contributed by atoms with van der Waals surface area (Å²) >= 11 is 2.01. The monoisotopic (exact) mass is 371 g/mol. The minimum absolute atomic E-state index is 0.0638. The lowest BCUT2D eigenvalue weighted by Crippen LogP contribution is -2.14. The van der Waals surface area contributed by atoms with Crippen LogP contribution >= 0.6 is 22.6 Å². The Morgan fingerprint density at radius 2 is 2.05 bits per heavy atom. The predicted octanol–water partition coefficient (Wildman–Crippen LogP) is 3.01. The van der Waals surface area contributed by atoms with Gasteiger partial charge in [-0.2, -0.15) is 0 Å². The van der Waals surface area contributed by atoms with Crippen LogP contribution in [0.1, 0.15) is 29.9 Å². The van der Waals surface area contributed by atoms with Crippen LogP contribution in [0.3, 0.4) is 0 Å². The molecule has 2 rings (SSSR count). The van der Waals surface area contributed by atoms with Crippen molar-refractivity contribution < 1.29 is 9.53 Å². The Morgan fingerprint density at radius 1 is 1.37 bits per heavy atom. The molecule has 1 heterocycles. The van der Waals surface area contributed by atoms with Crippen LogP contribution in [0.2, 0.25) is 0 Å². The summed E-state index contributed by atoms with van der Waals surface area (Å²) in [5.74, 6) is -0.410. The molecule has 0 amide bonds. The van der Waals surface area contributed by atoms with E-state index in [1.165, 1.54) is 0 Å². The second-order valence-corrected chi connectivity index (χ2v) is 5.69. The van der Waals surface area contributed by atoms with Crippen molar-refractivity contribution in [2.75, 3.05) is 0 Å². The Labute approximate surface area is 124 Å². The molecule has 0 spiro atoms. The molecule has 100 valence electrons. The lowest BCUT2D eigenvalue weighted by molar-refractivity contribution is 0.0378. The summed E-state index contributed by atoms with van der Waals surface area (Å²) in [5.41, 5.74) is 1.89. The summed E-state index contributed by atoms with van der Waals surface area (Å²) in [7, 11) is 0. The van der Waals surface area contributed by atoms with Gasteiger partial charge in [0.25, 0.3) is 0 Å². The normalized spacial score (nSPS) is 11.0. The van der Waals surface area contributed by atoms with Crippen molar-refractivity contribution in [3.63, 3.8) is 0 Å². The van der Waals surface area contributed by atoms with Crippen molar-refractivity contribution in [3.8, 4) is 0 Å². The number of H-pyrrole nitrogens is 1. The van der Waals surface area contributed by atoms with Crippen LogP contribution in [0, 0.1) is 10.5 Å². The molecule has 0 aliphatic heterocycles. The van der Waals surface area contributed by atoms with Gasteiger partial charge < -0.3 is 9.72 Å². The molecule has 1 N–H and O–H groups in total. The molecule has 1 aromatic carbocycles. The predicted molar refractivity (Wildman–Crippen MR) is 82.6 cm³/mol. The first-order chi connectivity index (χ1) is 8.90. The summed E-state index contributed by atoms with van der Waals surface area (Å²) in [4.78, 5) is 27.1. The van der Waals surface area contributed by atoms with Gasteiger partial charge in [0.1, 0.15) is 0 Å². The van der Waals surface area contributed by atoms with E-state index < -0.39 is 5.97 Å². The number of ether oxygens (including phenoxy) is 1. The van der Waals surface area contributed by atoms with Gasteiger partial charge in [-0.25, -0.2) is 4.79 Å². The Morgan fingerprint density at radius 3 is 2.68 bits per heavy atom. The molecule has 0 unspecified atom stereocenters. The Hall–Kier alpha value is -1.37. The van der Waals surface area contributed by atoms with Gasteiger partial charge in [-0.05, 0) is 61.6 Å². The average molecular weight is 371 g/mol. The molecule has 5 heteroatoms. The van der Waals surface area contributed by atoms with E-state index in [0.29, 0.717) is 14.5 Å². The van der Waals surface area contributed by atoms with Gasteiger partial charge in [-0.1, -0.05) is 0 Å². The number of hydrogen-bond donors (Lipinski definition) is 1. The van der Waals surface area contributed by atoms with Crippen LogP contribution in [-0.4, -0.2) is 17.1 Å². The number of hydrogen-bond acceptors (Lipinski definition) is 3. The maximum atomic E-state index is 12.2. The Kier molecular flexibility index (Phi) is 3.93. The first-order valence-corrected chi connectivity index (χ1v) is 7.01. The third-order valence-electron chi connectivity index (χ3n) is 2.69. The lowest BCUT2D eigenvalue weighted by Gasteiger charge is -2.09. The highest BCUT2D eigenvalue weighted by Gasteiger charge is 2.12. The number of carbonyl (C=O) groups excluding carboxylic acids is 1. The van der Waals surface area contributed by atoms with Crippen LogP contribution in [0.4, 0.5) is 0 Å². The number of aromatic amines is 1. The van der Waals surface area contributed by atoms with Crippen LogP contribution in [0.25, 0.3) is 10.9 Å². The zero-order valence-corrected chi connectivity index (χ0v) is 13.1. The fourth-order valence-corrected chi connectivity index (χ4v) is 2.22. The molecule has 1 aromatic heterocycles. The van der Waals surface area contributed by atoms with E-state index in [2.05, 4.69) is 4.98 Å². The third kappa shape index (κ3) is 2.80. The molecule has 0 atom stereocenters. The number of halogens is 1. The largest absolute Gasteiger partial charge is 0.459 e. The molecule has 0 fully saturated rings. The summed E-state index contributed by atoms with van der Waals surface area (Å²) in [6, 6.07) is 4.98. The quantitative estimate of drug-likeness (QED) is 0.652. The summed E-state index contributed by atoms with van der Waals surface area (Å²) in [6.45, 7) is 5.43. The molecule has 2 aromatic rings. The first kappa shape index (κ1) is 14.0. The minimum atomic E-state index is -0.410. The Balaban J connectivity index is 2.58. The van der Waals surface area contributed by atoms with E-state index in [0.717, 1.165) is 11.2 Å². The zero-order valence-electron chi connectivity index (χ0n) is 10.9. The summed E-state index contributed by atoms with van der Waals surface area (Å²) in [6.07, 6.45) is -0.181. The number of fused-ring (bicyclic) bond motifs is 1. The SMILES string of the molecule is Cc1[nH]c2ccc(C(=O)OC(C)C)cc2c(=O)c1I. The highest BCUT2D eigenvalue weighted by Crippen LogP contribution is 2.15. The number of aromatic nitrogens is 1. The van der Waals surface area contributed by atoms with Crippen LogP contribution in [0.15, 0.2) is 23.0 Å². The lowest BCUT2D eigenvalue weighted by atomic mass is 10.1. The number of rotatable bonds is 2. The van der Waals surface area contributed by atoms with Crippen molar-refractivity contribution >= 4 is 39.5 Å². The first-order valence-electron chi connectivity index (χ1n) is 5.93. The topological polar surface area (TPSA) is 59.2 Å². The van der Waals surface area contributed by atoms with Gasteiger partial charge >= 0.3 is 5.97 Å². The van der Waals surface area contributed by atoms with Crippen molar-refractivity contribution in [2.24, 2.45) is 0 Å². The van der Waals surface area contributed by atoms with Gasteiger partial charge in [0.15, 0.2) is 0 Å². The highest BCUT2D eigenvalue weighted by atomic mass is 127. The molecular weight excluding hydrogens is 357 g/mol. The number of nitrogens with one attached hydrogen (secondary N) is 1. The third-order valence-corrected chi connectivity index (χ3v) is 3.99. The molecule has 0 bridgehead atoms. The fourth-order valence-electron chi connectivity index (χ4n) is 1.80. The van der Waals surface area contributed by atoms with Crippen LogP contribution in [0.5, 0.6) is 0 Å². The van der Waals surface area contributed by atoms with Crippen LogP contribution < -0.4 is 5.43 Å². The second-order valence-electron chi connectivity index (χ2n) is 4.61. The average Bonchev–Trinajstić information content (AvgIpc) is 2.35. The van der Waals surface area contributed by atoms with E-state index in [1.54, 1.807) is 32.0 Å². The summed E-state index contributed by atoms with van der Waals surface area (Å²) < 4.78 is 5.76. The van der Waals surface area contributed by atoms with E-state index in [1.807, 2.05) is 29.5 Å². The molecule has 0 aliphatic rings. The van der Waals surface area contributed by atoms with Gasteiger partial charge in [0.05, 0.1) is 15.2 Å². The van der Waals surface area contributed by atoms with Crippen molar-refractivity contribution in [1.29, 1.82) is 0 Å². The molecule has 0 saturated carbocycles. The molecule has 0 aliphatic carbocycles. The number of esters is 1. The number of benzene rings is 1. The molecular formula is C14H14INO3. The van der Waals surface area contributed by atoms with Gasteiger partial charge in [-0.3, -0.25) is 4.79 Å². The van der Waals surface area contributed by atoms with Crippen LogP contribution in [-0.2, 0) is 4.74 Å². The van der Waals surface area contributed by atoms with Crippen molar-refractivity contribution in [2.45, 2.75) is 26.9 Å². The molecule has 4 nitrogen and oxygen atoms in total. The fraction of sp³-hybridized carbons (Fsp3) is 0.286. The van der Waals surface area contributed by atoms with Gasteiger partial charge in [0, 0.05) is 16.6 Å².